The van der Waals surface area contributed by atoms with Crippen molar-refractivity contribution >= 4 is 0 Å². The lowest BCUT2D eigenvalue weighted by molar-refractivity contribution is -0.375. The Labute approximate surface area is 138 Å². The first-order valence-electron chi connectivity index (χ1n) is 6.85. The van der Waals surface area contributed by atoms with Gasteiger partial charge in [-0.15, -0.1) is 0 Å². The maximum Gasteiger partial charge on any atom is 0.403 e. The average Bonchev–Trinajstić information content (AvgIpc) is 2.27. The summed E-state index contributed by atoms with van der Waals surface area (Å²) in [6.07, 6.45) is -34.5. The summed E-state index contributed by atoms with van der Waals surface area (Å²) < 4.78 is 162. The number of rotatable bonds is 2. The summed E-state index contributed by atoms with van der Waals surface area (Å²) in [6, 6.07) is 0. The summed E-state index contributed by atoms with van der Waals surface area (Å²) in [5.74, 6) is -8.63. The monoisotopic (exact) mass is 416 g/mol. The largest absolute Gasteiger partial charge is 0.403 e. The Morgan fingerprint density at radius 3 is 0.923 bits per heavy atom. The molecule has 4 atom stereocenters. The molecule has 0 spiro atoms. The summed E-state index contributed by atoms with van der Waals surface area (Å²) >= 11 is 0. The van der Waals surface area contributed by atoms with Crippen LogP contribution in [0.4, 0.5) is 52.7 Å². The molecule has 1 heterocycles. The van der Waals surface area contributed by atoms with Gasteiger partial charge in [-0.1, -0.05) is 0 Å². The van der Waals surface area contributed by atoms with Crippen LogP contribution < -0.4 is 0 Å². The van der Waals surface area contributed by atoms with Gasteiger partial charge in [0, 0.05) is 0 Å². The minimum absolute atomic E-state index is 0.637. The molecule has 1 saturated heterocycles. The van der Waals surface area contributed by atoms with Crippen molar-refractivity contribution < 1.29 is 62.2 Å². The third-order valence-corrected chi connectivity index (χ3v) is 3.74. The van der Waals surface area contributed by atoms with E-state index in [9.17, 15) is 52.7 Å². The lowest BCUT2D eigenvalue weighted by Crippen LogP contribution is -2.61. The third kappa shape index (κ3) is 5.08. The van der Waals surface area contributed by atoms with Crippen LogP contribution in [0.25, 0.3) is 0 Å². The molecule has 26 heavy (non-hydrogen) atoms. The Morgan fingerprint density at radius 1 is 0.500 bits per heavy atom. The van der Waals surface area contributed by atoms with Crippen LogP contribution in [-0.4, -0.2) is 49.1 Å². The van der Waals surface area contributed by atoms with Crippen molar-refractivity contribution in [1.82, 2.24) is 0 Å². The number of halogens is 12. The second-order valence-electron chi connectivity index (χ2n) is 5.73. The smallest absolute Gasteiger partial charge is 0.370 e. The van der Waals surface area contributed by atoms with E-state index in [2.05, 4.69) is 9.47 Å². The SMILES string of the molecule is C[C@@H]1O[C@@H](C)[C@H](C(C(F)(F)F)C(F)(F)F)O[C@@H]1C(C(F)(F)F)C(F)(F)F. The van der Waals surface area contributed by atoms with Crippen LogP contribution in [0.1, 0.15) is 13.8 Å². The Kier molecular flexibility index (Phi) is 6.15. The van der Waals surface area contributed by atoms with Gasteiger partial charge in [-0.05, 0) is 13.8 Å². The molecule has 1 rings (SSSR count). The van der Waals surface area contributed by atoms with Gasteiger partial charge in [0.1, 0.15) is 12.2 Å². The summed E-state index contributed by atoms with van der Waals surface area (Å²) in [7, 11) is 0. The highest BCUT2D eigenvalue weighted by atomic mass is 19.4. The fraction of sp³-hybridized carbons (Fsp3) is 1.00. The molecule has 0 aliphatic carbocycles. The molecule has 0 radical (unpaired) electrons. The zero-order valence-electron chi connectivity index (χ0n) is 12.8. The fourth-order valence-corrected chi connectivity index (χ4v) is 2.71. The van der Waals surface area contributed by atoms with E-state index in [1.54, 1.807) is 0 Å². The van der Waals surface area contributed by atoms with Crippen molar-refractivity contribution in [2.45, 2.75) is 63.0 Å². The van der Waals surface area contributed by atoms with Gasteiger partial charge in [-0.3, -0.25) is 0 Å². The molecule has 1 aliphatic rings. The molecule has 0 saturated carbocycles. The first-order valence-corrected chi connectivity index (χ1v) is 6.85. The van der Waals surface area contributed by atoms with Gasteiger partial charge in [-0.25, -0.2) is 0 Å². The minimum atomic E-state index is -6.03. The Morgan fingerprint density at radius 2 is 0.731 bits per heavy atom. The highest BCUT2D eigenvalue weighted by molar-refractivity contribution is 4.95. The van der Waals surface area contributed by atoms with Gasteiger partial charge in [-0.2, -0.15) is 52.7 Å². The highest BCUT2D eigenvalue weighted by Gasteiger charge is 2.67. The third-order valence-electron chi connectivity index (χ3n) is 3.74. The number of alkyl halides is 12. The van der Waals surface area contributed by atoms with Crippen LogP contribution in [-0.2, 0) is 9.47 Å². The van der Waals surface area contributed by atoms with Crippen molar-refractivity contribution in [3.8, 4) is 0 Å². The van der Waals surface area contributed by atoms with Crippen LogP contribution in [0.5, 0.6) is 0 Å². The lowest BCUT2D eigenvalue weighted by atomic mass is 9.90. The summed E-state index contributed by atoms with van der Waals surface area (Å²) in [6.45, 7) is 1.27. The fourth-order valence-electron chi connectivity index (χ4n) is 2.71. The molecule has 14 heteroatoms. The molecule has 0 aromatic heterocycles. The highest BCUT2D eigenvalue weighted by Crippen LogP contribution is 2.49. The quantitative estimate of drug-likeness (QED) is 0.588. The Hall–Kier alpha value is -0.920. The zero-order chi connectivity index (χ0) is 20.9. The van der Waals surface area contributed by atoms with Crippen molar-refractivity contribution in [2.24, 2.45) is 11.8 Å². The number of hydrogen-bond acceptors (Lipinski definition) is 2. The van der Waals surface area contributed by atoms with Gasteiger partial charge in [0.25, 0.3) is 0 Å². The summed E-state index contributed by atoms with van der Waals surface area (Å²) in [4.78, 5) is 0. The molecule has 0 unspecified atom stereocenters. The Balaban J connectivity index is 3.35. The van der Waals surface area contributed by atoms with E-state index in [1.807, 2.05) is 0 Å². The second-order valence-corrected chi connectivity index (χ2v) is 5.73. The van der Waals surface area contributed by atoms with E-state index in [1.165, 1.54) is 0 Å². The van der Waals surface area contributed by atoms with Gasteiger partial charge in [0.15, 0.2) is 11.8 Å². The van der Waals surface area contributed by atoms with E-state index in [0.717, 1.165) is 0 Å². The van der Waals surface area contributed by atoms with Crippen LogP contribution in [0, 0.1) is 11.8 Å². The van der Waals surface area contributed by atoms with Gasteiger partial charge >= 0.3 is 24.7 Å². The number of ether oxygens (including phenoxy) is 2. The van der Waals surface area contributed by atoms with Crippen LogP contribution in [0.3, 0.4) is 0 Å². The first kappa shape index (κ1) is 23.1. The molecule has 1 fully saturated rings. The second kappa shape index (κ2) is 6.91. The van der Waals surface area contributed by atoms with Crippen molar-refractivity contribution in [3.63, 3.8) is 0 Å². The van der Waals surface area contributed by atoms with E-state index >= 15 is 0 Å². The summed E-state index contributed by atoms with van der Waals surface area (Å²) in [5, 5.41) is 0. The molecule has 0 amide bonds. The van der Waals surface area contributed by atoms with Crippen LogP contribution >= 0.6 is 0 Å². The van der Waals surface area contributed by atoms with Gasteiger partial charge in [0.2, 0.25) is 0 Å². The maximum absolute atomic E-state index is 12.8. The minimum Gasteiger partial charge on any atom is -0.370 e. The molecule has 0 aromatic carbocycles. The van der Waals surface area contributed by atoms with E-state index in [0.29, 0.717) is 13.8 Å². The van der Waals surface area contributed by atoms with E-state index < -0.39 is 61.0 Å². The molecule has 2 nitrogen and oxygen atoms in total. The normalized spacial score (nSPS) is 29.5. The maximum atomic E-state index is 12.8. The van der Waals surface area contributed by atoms with Gasteiger partial charge < -0.3 is 9.47 Å². The first-order chi connectivity index (χ1) is 11.3. The zero-order valence-corrected chi connectivity index (χ0v) is 12.8. The van der Waals surface area contributed by atoms with E-state index in [-0.39, 0.29) is 0 Å². The average molecular weight is 416 g/mol. The topological polar surface area (TPSA) is 18.5 Å². The van der Waals surface area contributed by atoms with Gasteiger partial charge in [0.05, 0.1) is 12.2 Å². The molecule has 0 aromatic rings. The van der Waals surface area contributed by atoms with Crippen molar-refractivity contribution in [2.75, 3.05) is 0 Å². The predicted molar refractivity (Wildman–Crippen MR) is 59.9 cm³/mol. The molecule has 1 aliphatic heterocycles. The molecule has 156 valence electrons. The standard InChI is InChI=1S/C12H12F12O2/c1-3-5(7(9(13,14)15)10(16,17)18)26-6(4(2)25-3)8(11(19,20)21)12(22,23)24/h3-8H,1-2H3/t3-,4-,5-,6+/m0/s1. The number of hydrogen-bond donors (Lipinski definition) is 0. The molecule has 0 N–H and O–H groups in total. The summed E-state index contributed by atoms with van der Waals surface area (Å²) in [5.41, 5.74) is 0. The van der Waals surface area contributed by atoms with Crippen molar-refractivity contribution in [3.05, 3.63) is 0 Å². The molecular weight excluding hydrogens is 404 g/mol. The van der Waals surface area contributed by atoms with E-state index in [4.69, 9.17) is 0 Å². The predicted octanol–water partition coefficient (Wildman–Crippen LogP) is 5.03. The van der Waals surface area contributed by atoms with Crippen LogP contribution in [0.15, 0.2) is 0 Å². The Bertz CT molecular complexity index is 407. The van der Waals surface area contributed by atoms with Crippen LogP contribution in [0.2, 0.25) is 0 Å². The molecule has 0 bridgehead atoms. The lowest BCUT2D eigenvalue weighted by Gasteiger charge is -2.45. The molecular formula is C12H12F12O2. The van der Waals surface area contributed by atoms with Crippen molar-refractivity contribution in [1.29, 1.82) is 0 Å².